The summed E-state index contributed by atoms with van der Waals surface area (Å²) in [5.74, 6) is 2.66. The fraction of sp³-hybridized carbons (Fsp3) is 0.400. The van der Waals surface area contributed by atoms with E-state index in [4.69, 9.17) is 9.47 Å². The monoisotopic (exact) mass is 275 g/mol. The van der Waals surface area contributed by atoms with Crippen LogP contribution in [0, 0.1) is 6.92 Å². The number of aromatic nitrogens is 2. The third-order valence-corrected chi connectivity index (χ3v) is 3.15. The van der Waals surface area contributed by atoms with Gasteiger partial charge in [-0.1, -0.05) is 6.07 Å². The lowest BCUT2D eigenvalue weighted by Crippen LogP contribution is -2.12. The molecule has 20 heavy (non-hydrogen) atoms. The van der Waals surface area contributed by atoms with Crippen LogP contribution < -0.4 is 14.8 Å². The Morgan fingerprint density at radius 1 is 1.35 bits per heavy atom. The molecule has 0 spiro atoms. The highest BCUT2D eigenvalue weighted by molar-refractivity contribution is 5.40. The number of aryl methyl sites for hydroxylation is 1. The van der Waals surface area contributed by atoms with E-state index in [0.29, 0.717) is 6.61 Å². The van der Waals surface area contributed by atoms with E-state index in [1.807, 2.05) is 38.4 Å². The van der Waals surface area contributed by atoms with Crippen molar-refractivity contribution in [3.05, 3.63) is 42.0 Å². The Morgan fingerprint density at radius 2 is 2.20 bits per heavy atom. The maximum absolute atomic E-state index is 5.89. The molecule has 5 nitrogen and oxygen atoms in total. The second kappa shape index (κ2) is 6.96. The van der Waals surface area contributed by atoms with E-state index in [2.05, 4.69) is 14.9 Å². The molecular weight excluding hydrogens is 254 g/mol. The average molecular weight is 275 g/mol. The van der Waals surface area contributed by atoms with Crippen LogP contribution in [0.4, 0.5) is 0 Å². The number of nitrogens with one attached hydrogen (secondary N) is 1. The zero-order chi connectivity index (χ0) is 14.4. The third-order valence-electron chi connectivity index (χ3n) is 3.15. The lowest BCUT2D eigenvalue weighted by Gasteiger charge is -2.13. The van der Waals surface area contributed by atoms with Gasteiger partial charge in [0.1, 0.15) is 23.9 Å². The van der Waals surface area contributed by atoms with Gasteiger partial charge in [-0.15, -0.1) is 0 Å². The first kappa shape index (κ1) is 14.4. The molecule has 0 radical (unpaired) electrons. The normalized spacial score (nSPS) is 10.6. The van der Waals surface area contributed by atoms with E-state index in [1.165, 1.54) is 0 Å². The molecule has 108 valence electrons. The van der Waals surface area contributed by atoms with Crippen molar-refractivity contribution in [1.82, 2.24) is 14.9 Å². The molecule has 5 heteroatoms. The third kappa shape index (κ3) is 3.51. The van der Waals surface area contributed by atoms with Gasteiger partial charge in [-0.2, -0.15) is 0 Å². The van der Waals surface area contributed by atoms with Crippen LogP contribution >= 0.6 is 0 Å². The van der Waals surface area contributed by atoms with Crippen molar-refractivity contribution >= 4 is 0 Å². The standard InChI is InChI=1S/C15H21N3O2/c1-12-17-6-7-18(12)8-9-20-15-10-14(19-3)5-4-13(15)11-16-2/h4-7,10,16H,8-9,11H2,1-3H3. The molecular formula is C15H21N3O2. The minimum Gasteiger partial charge on any atom is -0.497 e. The molecule has 2 aromatic rings. The Kier molecular flexibility index (Phi) is 5.01. The van der Waals surface area contributed by atoms with Gasteiger partial charge in [0.05, 0.1) is 13.7 Å². The van der Waals surface area contributed by atoms with Crippen molar-refractivity contribution in [2.24, 2.45) is 0 Å². The number of ether oxygens (including phenoxy) is 2. The molecule has 1 aromatic carbocycles. The molecule has 0 aliphatic heterocycles. The molecule has 0 bridgehead atoms. The van der Waals surface area contributed by atoms with E-state index < -0.39 is 0 Å². The molecule has 1 N–H and O–H groups in total. The highest BCUT2D eigenvalue weighted by Crippen LogP contribution is 2.24. The van der Waals surface area contributed by atoms with Crippen LogP contribution in [0.25, 0.3) is 0 Å². The topological polar surface area (TPSA) is 48.3 Å². The van der Waals surface area contributed by atoms with Crippen molar-refractivity contribution in [1.29, 1.82) is 0 Å². The number of hydrogen-bond donors (Lipinski definition) is 1. The summed E-state index contributed by atoms with van der Waals surface area (Å²) in [6.07, 6.45) is 3.76. The number of imidazole rings is 1. The summed E-state index contributed by atoms with van der Waals surface area (Å²) in [5, 5.41) is 3.14. The summed E-state index contributed by atoms with van der Waals surface area (Å²) in [7, 11) is 3.58. The van der Waals surface area contributed by atoms with Gasteiger partial charge >= 0.3 is 0 Å². The molecule has 1 aromatic heterocycles. The zero-order valence-electron chi connectivity index (χ0n) is 12.2. The lowest BCUT2D eigenvalue weighted by molar-refractivity contribution is 0.291. The predicted molar refractivity (Wildman–Crippen MR) is 78.2 cm³/mol. The number of benzene rings is 1. The van der Waals surface area contributed by atoms with Gasteiger partial charge in [-0.05, 0) is 20.0 Å². The van der Waals surface area contributed by atoms with Crippen molar-refractivity contribution in [3.63, 3.8) is 0 Å². The fourth-order valence-electron chi connectivity index (χ4n) is 2.03. The van der Waals surface area contributed by atoms with Gasteiger partial charge in [-0.25, -0.2) is 4.98 Å². The summed E-state index contributed by atoms with van der Waals surface area (Å²) in [4.78, 5) is 4.19. The van der Waals surface area contributed by atoms with E-state index in [0.717, 1.165) is 36.0 Å². The summed E-state index contributed by atoms with van der Waals surface area (Å²) in [6, 6.07) is 5.89. The Morgan fingerprint density at radius 3 is 2.85 bits per heavy atom. The molecule has 0 aliphatic carbocycles. The first-order valence-electron chi connectivity index (χ1n) is 6.66. The number of methoxy groups -OCH3 is 1. The molecule has 2 rings (SSSR count). The van der Waals surface area contributed by atoms with E-state index in [1.54, 1.807) is 13.3 Å². The van der Waals surface area contributed by atoms with Gasteiger partial charge in [-0.3, -0.25) is 0 Å². The SMILES string of the molecule is CNCc1ccc(OC)cc1OCCn1ccnc1C. The lowest BCUT2D eigenvalue weighted by atomic mass is 10.2. The van der Waals surface area contributed by atoms with Crippen LogP contribution in [-0.4, -0.2) is 30.3 Å². The second-order valence-corrected chi connectivity index (χ2v) is 4.52. The molecule has 0 unspecified atom stereocenters. The Bertz CT molecular complexity index is 552. The predicted octanol–water partition coefficient (Wildman–Crippen LogP) is 2.00. The molecule has 1 heterocycles. The minimum absolute atomic E-state index is 0.598. The number of hydrogen-bond acceptors (Lipinski definition) is 4. The first-order valence-corrected chi connectivity index (χ1v) is 6.66. The molecule has 0 saturated heterocycles. The number of nitrogens with zero attached hydrogens (tertiary/aromatic N) is 2. The van der Waals surface area contributed by atoms with Crippen molar-refractivity contribution in [2.75, 3.05) is 20.8 Å². The average Bonchev–Trinajstić information content (AvgIpc) is 2.86. The zero-order valence-corrected chi connectivity index (χ0v) is 12.2. The molecule has 0 aliphatic rings. The van der Waals surface area contributed by atoms with E-state index >= 15 is 0 Å². The fourth-order valence-corrected chi connectivity index (χ4v) is 2.03. The molecule has 0 amide bonds. The summed E-state index contributed by atoms with van der Waals surface area (Å²) >= 11 is 0. The van der Waals surface area contributed by atoms with Crippen molar-refractivity contribution in [2.45, 2.75) is 20.0 Å². The van der Waals surface area contributed by atoms with Gasteiger partial charge in [0.15, 0.2) is 0 Å². The summed E-state index contributed by atoms with van der Waals surface area (Å²) in [6.45, 7) is 4.13. The Hall–Kier alpha value is -2.01. The molecule has 0 fully saturated rings. The van der Waals surface area contributed by atoms with Gasteiger partial charge in [0, 0.05) is 30.6 Å². The van der Waals surface area contributed by atoms with E-state index in [9.17, 15) is 0 Å². The molecule has 0 saturated carbocycles. The Balaban J connectivity index is 2.01. The largest absolute Gasteiger partial charge is 0.497 e. The highest BCUT2D eigenvalue weighted by atomic mass is 16.5. The molecule has 0 atom stereocenters. The maximum Gasteiger partial charge on any atom is 0.127 e. The number of rotatable bonds is 7. The van der Waals surface area contributed by atoms with Crippen LogP contribution in [0.2, 0.25) is 0 Å². The summed E-state index contributed by atoms with van der Waals surface area (Å²) < 4.78 is 13.2. The maximum atomic E-state index is 5.89. The van der Waals surface area contributed by atoms with Crippen molar-refractivity contribution < 1.29 is 9.47 Å². The second-order valence-electron chi connectivity index (χ2n) is 4.52. The first-order chi connectivity index (χ1) is 9.74. The van der Waals surface area contributed by atoms with Crippen molar-refractivity contribution in [3.8, 4) is 11.5 Å². The highest BCUT2D eigenvalue weighted by Gasteiger charge is 2.06. The van der Waals surface area contributed by atoms with Gasteiger partial charge < -0.3 is 19.4 Å². The van der Waals surface area contributed by atoms with Crippen LogP contribution in [0.1, 0.15) is 11.4 Å². The smallest absolute Gasteiger partial charge is 0.127 e. The van der Waals surface area contributed by atoms with Gasteiger partial charge in [0.25, 0.3) is 0 Å². The Labute approximate surface area is 119 Å². The van der Waals surface area contributed by atoms with Crippen LogP contribution in [0.15, 0.2) is 30.6 Å². The van der Waals surface area contributed by atoms with Crippen LogP contribution in [0.5, 0.6) is 11.5 Å². The van der Waals surface area contributed by atoms with Crippen LogP contribution in [-0.2, 0) is 13.1 Å². The van der Waals surface area contributed by atoms with Gasteiger partial charge in [0.2, 0.25) is 0 Å². The quantitative estimate of drug-likeness (QED) is 0.839. The van der Waals surface area contributed by atoms with E-state index in [-0.39, 0.29) is 0 Å². The minimum atomic E-state index is 0.598. The summed E-state index contributed by atoms with van der Waals surface area (Å²) in [5.41, 5.74) is 1.12. The van der Waals surface area contributed by atoms with Crippen LogP contribution in [0.3, 0.4) is 0 Å².